The van der Waals surface area contributed by atoms with Gasteiger partial charge in [-0.25, -0.2) is 4.98 Å². The summed E-state index contributed by atoms with van der Waals surface area (Å²) in [6.45, 7) is 3.78. The number of hydrogen-bond donors (Lipinski definition) is 2. The fourth-order valence-corrected chi connectivity index (χ4v) is 2.72. The standard InChI is InChI=1S/C16H25N3O2/c1-3-4-14-9-13(10-15(17-2)18-14)16(21)19-7-5-12(11-20)6-8-19/h9-10,12,20H,3-8,11H2,1-2H3,(H,17,18). The number of amides is 1. The van der Waals surface area contributed by atoms with E-state index in [1.165, 1.54) is 0 Å². The van der Waals surface area contributed by atoms with Gasteiger partial charge >= 0.3 is 0 Å². The number of piperidine rings is 1. The van der Waals surface area contributed by atoms with Gasteiger partial charge in [0, 0.05) is 38.0 Å². The molecule has 0 saturated carbocycles. The van der Waals surface area contributed by atoms with Crippen LogP contribution in [-0.4, -0.2) is 47.6 Å². The number of likely N-dealkylation sites (tertiary alicyclic amines) is 1. The van der Waals surface area contributed by atoms with Crippen molar-refractivity contribution in [2.24, 2.45) is 5.92 Å². The maximum Gasteiger partial charge on any atom is 0.254 e. The number of rotatable bonds is 5. The van der Waals surface area contributed by atoms with Crippen LogP contribution in [0.3, 0.4) is 0 Å². The first-order valence-electron chi connectivity index (χ1n) is 7.76. The molecule has 1 aromatic rings. The Kier molecular flexibility index (Phi) is 5.56. The maximum absolute atomic E-state index is 12.6. The van der Waals surface area contributed by atoms with Crippen molar-refractivity contribution < 1.29 is 9.90 Å². The first kappa shape index (κ1) is 15.8. The Morgan fingerprint density at radius 3 is 2.71 bits per heavy atom. The van der Waals surface area contributed by atoms with Crippen LogP contribution in [0.15, 0.2) is 12.1 Å². The summed E-state index contributed by atoms with van der Waals surface area (Å²) in [6, 6.07) is 3.73. The van der Waals surface area contributed by atoms with Crippen LogP contribution in [0.25, 0.3) is 0 Å². The van der Waals surface area contributed by atoms with E-state index in [0.29, 0.717) is 11.5 Å². The van der Waals surface area contributed by atoms with Crippen LogP contribution >= 0.6 is 0 Å². The van der Waals surface area contributed by atoms with E-state index in [2.05, 4.69) is 17.2 Å². The first-order valence-corrected chi connectivity index (χ1v) is 7.76. The summed E-state index contributed by atoms with van der Waals surface area (Å²) in [7, 11) is 1.82. The highest BCUT2D eigenvalue weighted by Crippen LogP contribution is 2.20. The van der Waals surface area contributed by atoms with Crippen LogP contribution in [0.2, 0.25) is 0 Å². The third-order valence-corrected chi connectivity index (χ3v) is 4.05. The fraction of sp³-hybridized carbons (Fsp3) is 0.625. The topological polar surface area (TPSA) is 65.5 Å². The molecular weight excluding hydrogens is 266 g/mol. The van der Waals surface area contributed by atoms with Gasteiger partial charge in [-0.2, -0.15) is 0 Å². The molecule has 1 saturated heterocycles. The molecule has 0 atom stereocenters. The lowest BCUT2D eigenvalue weighted by molar-refractivity contribution is 0.0650. The molecule has 1 aromatic heterocycles. The lowest BCUT2D eigenvalue weighted by Crippen LogP contribution is -2.39. The maximum atomic E-state index is 12.6. The van der Waals surface area contributed by atoms with Gasteiger partial charge in [-0.3, -0.25) is 4.79 Å². The van der Waals surface area contributed by atoms with Crippen LogP contribution in [0, 0.1) is 5.92 Å². The summed E-state index contributed by atoms with van der Waals surface area (Å²) >= 11 is 0. The number of carbonyl (C=O) groups excluding carboxylic acids is 1. The summed E-state index contributed by atoms with van der Waals surface area (Å²) in [5.41, 5.74) is 1.66. The molecule has 1 aliphatic rings. The van der Waals surface area contributed by atoms with Gasteiger partial charge < -0.3 is 15.3 Å². The highest BCUT2D eigenvalue weighted by molar-refractivity contribution is 5.95. The average Bonchev–Trinajstić information content (AvgIpc) is 2.54. The normalized spacial score (nSPS) is 16.0. The van der Waals surface area contributed by atoms with Crippen molar-refractivity contribution >= 4 is 11.7 Å². The number of aliphatic hydroxyl groups excluding tert-OH is 1. The van der Waals surface area contributed by atoms with Crippen molar-refractivity contribution in [3.8, 4) is 0 Å². The Morgan fingerprint density at radius 1 is 1.43 bits per heavy atom. The predicted molar refractivity (Wildman–Crippen MR) is 83.5 cm³/mol. The van der Waals surface area contributed by atoms with Gasteiger partial charge in [-0.05, 0) is 37.3 Å². The van der Waals surface area contributed by atoms with E-state index < -0.39 is 0 Å². The van der Waals surface area contributed by atoms with Gasteiger partial charge in [0.2, 0.25) is 0 Å². The zero-order chi connectivity index (χ0) is 15.2. The molecule has 0 bridgehead atoms. The Bertz CT molecular complexity index is 482. The summed E-state index contributed by atoms with van der Waals surface area (Å²) in [4.78, 5) is 19.0. The predicted octanol–water partition coefficient (Wildman–Crippen LogP) is 1.92. The van der Waals surface area contributed by atoms with E-state index >= 15 is 0 Å². The Labute approximate surface area is 126 Å². The van der Waals surface area contributed by atoms with E-state index in [0.717, 1.165) is 50.3 Å². The molecule has 1 amide bonds. The van der Waals surface area contributed by atoms with Crippen molar-refractivity contribution in [1.29, 1.82) is 0 Å². The average molecular weight is 291 g/mol. The van der Waals surface area contributed by atoms with Crippen LogP contribution in [-0.2, 0) is 6.42 Å². The Hall–Kier alpha value is -1.62. The summed E-state index contributed by atoms with van der Waals surface area (Å²) in [6.07, 6.45) is 3.65. The van der Waals surface area contributed by atoms with Crippen LogP contribution in [0.4, 0.5) is 5.82 Å². The number of nitrogens with one attached hydrogen (secondary N) is 1. The molecule has 2 heterocycles. The van der Waals surface area contributed by atoms with E-state index in [1.54, 1.807) is 0 Å². The molecule has 0 aromatic carbocycles. The number of aliphatic hydroxyl groups is 1. The van der Waals surface area contributed by atoms with Gasteiger partial charge in [0.05, 0.1) is 0 Å². The molecule has 0 spiro atoms. The number of aryl methyl sites for hydroxylation is 1. The minimum atomic E-state index is 0.0719. The third-order valence-electron chi connectivity index (χ3n) is 4.05. The van der Waals surface area contributed by atoms with Crippen LogP contribution in [0.1, 0.15) is 42.2 Å². The van der Waals surface area contributed by atoms with Crippen molar-refractivity contribution in [3.63, 3.8) is 0 Å². The number of aromatic nitrogens is 1. The monoisotopic (exact) mass is 291 g/mol. The van der Waals surface area contributed by atoms with Crippen molar-refractivity contribution in [2.45, 2.75) is 32.6 Å². The lowest BCUT2D eigenvalue weighted by Gasteiger charge is -2.31. The second-order valence-corrected chi connectivity index (χ2v) is 5.65. The van der Waals surface area contributed by atoms with Gasteiger partial charge in [0.15, 0.2) is 0 Å². The Balaban J connectivity index is 2.13. The number of nitrogens with zero attached hydrogens (tertiary/aromatic N) is 2. The van der Waals surface area contributed by atoms with E-state index in [-0.39, 0.29) is 12.5 Å². The SMILES string of the molecule is CCCc1cc(C(=O)N2CCC(CO)CC2)cc(NC)n1. The van der Waals surface area contributed by atoms with Gasteiger partial charge in [-0.15, -0.1) is 0 Å². The number of pyridine rings is 1. The zero-order valence-electron chi connectivity index (χ0n) is 12.9. The fourth-order valence-electron chi connectivity index (χ4n) is 2.72. The minimum absolute atomic E-state index is 0.0719. The molecule has 0 aliphatic carbocycles. The van der Waals surface area contributed by atoms with Crippen LogP contribution in [0.5, 0.6) is 0 Å². The van der Waals surface area contributed by atoms with Gasteiger partial charge in [0.25, 0.3) is 5.91 Å². The van der Waals surface area contributed by atoms with Crippen molar-refractivity contribution in [1.82, 2.24) is 9.88 Å². The number of carbonyl (C=O) groups is 1. The molecule has 2 rings (SSSR count). The second kappa shape index (κ2) is 7.41. The van der Waals surface area contributed by atoms with Crippen LogP contribution < -0.4 is 5.32 Å². The van der Waals surface area contributed by atoms with E-state index in [4.69, 9.17) is 0 Å². The molecule has 5 heteroatoms. The molecule has 0 unspecified atom stereocenters. The molecule has 116 valence electrons. The molecule has 2 N–H and O–H groups in total. The largest absolute Gasteiger partial charge is 0.396 e. The van der Waals surface area contributed by atoms with E-state index in [9.17, 15) is 9.90 Å². The molecule has 1 fully saturated rings. The minimum Gasteiger partial charge on any atom is -0.396 e. The van der Waals surface area contributed by atoms with E-state index in [1.807, 2.05) is 24.1 Å². The summed E-state index contributed by atoms with van der Waals surface area (Å²) < 4.78 is 0. The van der Waals surface area contributed by atoms with Crippen molar-refractivity contribution in [3.05, 3.63) is 23.4 Å². The molecule has 21 heavy (non-hydrogen) atoms. The third kappa shape index (κ3) is 3.94. The first-order chi connectivity index (χ1) is 10.2. The number of anilines is 1. The summed E-state index contributed by atoms with van der Waals surface area (Å²) in [5.74, 6) is 1.16. The Morgan fingerprint density at radius 2 is 2.14 bits per heavy atom. The highest BCUT2D eigenvalue weighted by Gasteiger charge is 2.23. The number of hydrogen-bond acceptors (Lipinski definition) is 4. The molecule has 1 aliphatic heterocycles. The smallest absolute Gasteiger partial charge is 0.254 e. The quantitative estimate of drug-likeness (QED) is 0.870. The second-order valence-electron chi connectivity index (χ2n) is 5.65. The highest BCUT2D eigenvalue weighted by atomic mass is 16.3. The molecular formula is C16H25N3O2. The lowest BCUT2D eigenvalue weighted by atomic mass is 9.97. The van der Waals surface area contributed by atoms with Crippen molar-refractivity contribution in [2.75, 3.05) is 32.1 Å². The molecule has 0 radical (unpaired) electrons. The zero-order valence-corrected chi connectivity index (χ0v) is 12.9. The molecule has 5 nitrogen and oxygen atoms in total. The summed E-state index contributed by atoms with van der Waals surface area (Å²) in [5, 5.41) is 12.2. The van der Waals surface area contributed by atoms with Gasteiger partial charge in [-0.1, -0.05) is 13.3 Å². The van der Waals surface area contributed by atoms with Gasteiger partial charge in [0.1, 0.15) is 5.82 Å².